The van der Waals surface area contributed by atoms with E-state index in [-0.39, 0.29) is 0 Å². The molecule has 1 heterocycles. The topological polar surface area (TPSA) is 49.8 Å². The minimum absolute atomic E-state index is 0.451. The number of hydrogen-bond donors (Lipinski definition) is 2. The van der Waals surface area contributed by atoms with Crippen LogP contribution >= 0.6 is 0 Å². The first kappa shape index (κ1) is 14.1. The van der Waals surface area contributed by atoms with E-state index in [1.54, 1.807) is 6.33 Å². The maximum Gasteiger partial charge on any atom is 0.131 e. The second-order valence-corrected chi connectivity index (χ2v) is 6.32. The molecule has 1 atom stereocenters. The summed E-state index contributed by atoms with van der Waals surface area (Å²) in [4.78, 5) is 8.56. The second-order valence-electron chi connectivity index (χ2n) is 6.32. The van der Waals surface area contributed by atoms with Crippen molar-refractivity contribution in [3.63, 3.8) is 0 Å². The monoisotopic (exact) mass is 262 g/mol. The summed E-state index contributed by atoms with van der Waals surface area (Å²) in [6, 6.07) is 2.55. The van der Waals surface area contributed by atoms with Crippen LogP contribution in [0.2, 0.25) is 0 Å². The Morgan fingerprint density at radius 2 is 2.11 bits per heavy atom. The molecule has 1 aromatic heterocycles. The summed E-state index contributed by atoms with van der Waals surface area (Å²) >= 11 is 0. The maximum atomic E-state index is 4.33. The number of anilines is 2. The normalized spacial score (nSPS) is 21.9. The summed E-state index contributed by atoms with van der Waals surface area (Å²) in [6.45, 7) is 7.81. The average Bonchev–Trinajstić information content (AvgIpc) is 2.35. The van der Waals surface area contributed by atoms with Crippen molar-refractivity contribution in [3.8, 4) is 0 Å². The van der Waals surface area contributed by atoms with E-state index < -0.39 is 0 Å². The van der Waals surface area contributed by atoms with Gasteiger partial charge in [-0.25, -0.2) is 9.97 Å². The molecule has 1 aromatic rings. The fraction of sp³-hybridized carbons (Fsp3) is 0.733. The molecule has 0 aromatic carbocycles. The number of nitrogens with zero attached hydrogens (tertiary/aromatic N) is 2. The molecule has 1 unspecified atom stereocenters. The van der Waals surface area contributed by atoms with Crippen molar-refractivity contribution < 1.29 is 0 Å². The van der Waals surface area contributed by atoms with Crippen LogP contribution in [0.3, 0.4) is 0 Å². The molecule has 106 valence electrons. The van der Waals surface area contributed by atoms with E-state index in [2.05, 4.69) is 41.4 Å². The smallest absolute Gasteiger partial charge is 0.131 e. The van der Waals surface area contributed by atoms with Gasteiger partial charge in [-0.2, -0.15) is 0 Å². The van der Waals surface area contributed by atoms with Gasteiger partial charge in [0.15, 0.2) is 0 Å². The molecule has 0 aliphatic heterocycles. The van der Waals surface area contributed by atoms with Crippen LogP contribution in [-0.4, -0.2) is 22.6 Å². The Morgan fingerprint density at radius 3 is 2.84 bits per heavy atom. The lowest BCUT2D eigenvalue weighted by Crippen LogP contribution is -2.32. The number of aromatic nitrogens is 2. The summed E-state index contributed by atoms with van der Waals surface area (Å²) in [5, 5.41) is 6.86. The van der Waals surface area contributed by atoms with Crippen LogP contribution in [0.4, 0.5) is 11.6 Å². The van der Waals surface area contributed by atoms with Gasteiger partial charge in [0.2, 0.25) is 0 Å². The molecular formula is C15H26N4. The molecule has 0 saturated heterocycles. The zero-order chi connectivity index (χ0) is 13.7. The Morgan fingerprint density at radius 1 is 1.32 bits per heavy atom. The Bertz CT molecular complexity index is 403. The van der Waals surface area contributed by atoms with Gasteiger partial charge in [-0.1, -0.05) is 27.2 Å². The van der Waals surface area contributed by atoms with Crippen LogP contribution in [0.25, 0.3) is 0 Å². The van der Waals surface area contributed by atoms with Gasteiger partial charge in [0.1, 0.15) is 18.0 Å². The highest BCUT2D eigenvalue weighted by Crippen LogP contribution is 2.36. The molecule has 1 fully saturated rings. The highest BCUT2D eigenvalue weighted by Gasteiger charge is 2.27. The summed E-state index contributed by atoms with van der Waals surface area (Å²) in [6.07, 6.45) is 7.83. The first-order valence-electron chi connectivity index (χ1n) is 7.41. The lowest BCUT2D eigenvalue weighted by atomic mass is 9.75. The third kappa shape index (κ3) is 4.37. The fourth-order valence-corrected chi connectivity index (χ4v) is 2.82. The minimum Gasteiger partial charge on any atom is -0.370 e. The molecule has 4 nitrogen and oxygen atoms in total. The lowest BCUT2D eigenvalue weighted by Gasteiger charge is -2.35. The van der Waals surface area contributed by atoms with Crippen molar-refractivity contribution in [1.29, 1.82) is 0 Å². The van der Waals surface area contributed by atoms with E-state index in [0.717, 1.165) is 24.6 Å². The maximum absolute atomic E-state index is 4.33. The summed E-state index contributed by atoms with van der Waals surface area (Å²) in [7, 11) is 0. The van der Waals surface area contributed by atoms with Gasteiger partial charge in [0.05, 0.1) is 0 Å². The van der Waals surface area contributed by atoms with E-state index in [9.17, 15) is 0 Å². The predicted octanol–water partition coefficient (Wildman–Crippen LogP) is 3.68. The van der Waals surface area contributed by atoms with Gasteiger partial charge in [-0.15, -0.1) is 0 Å². The van der Waals surface area contributed by atoms with E-state index in [4.69, 9.17) is 0 Å². The Hall–Kier alpha value is -1.32. The van der Waals surface area contributed by atoms with Crippen LogP contribution in [0, 0.1) is 5.41 Å². The van der Waals surface area contributed by atoms with Crippen molar-refractivity contribution in [2.24, 2.45) is 5.41 Å². The molecular weight excluding hydrogens is 236 g/mol. The van der Waals surface area contributed by atoms with Crippen LogP contribution in [0.15, 0.2) is 12.4 Å². The van der Waals surface area contributed by atoms with Gasteiger partial charge in [0, 0.05) is 18.7 Å². The number of rotatable bonds is 5. The molecule has 1 aliphatic rings. The van der Waals surface area contributed by atoms with Crippen LogP contribution < -0.4 is 10.6 Å². The lowest BCUT2D eigenvalue weighted by molar-refractivity contribution is 0.229. The first-order chi connectivity index (χ1) is 9.09. The summed E-state index contributed by atoms with van der Waals surface area (Å²) < 4.78 is 0. The molecule has 19 heavy (non-hydrogen) atoms. The van der Waals surface area contributed by atoms with E-state index in [1.165, 1.54) is 25.7 Å². The zero-order valence-electron chi connectivity index (χ0n) is 12.4. The van der Waals surface area contributed by atoms with E-state index in [1.807, 2.05) is 6.07 Å². The third-order valence-electron chi connectivity index (χ3n) is 3.78. The molecule has 2 rings (SSSR count). The van der Waals surface area contributed by atoms with E-state index in [0.29, 0.717) is 11.5 Å². The van der Waals surface area contributed by atoms with Crippen LogP contribution in [-0.2, 0) is 0 Å². The van der Waals surface area contributed by atoms with Gasteiger partial charge in [-0.3, -0.25) is 0 Å². The summed E-state index contributed by atoms with van der Waals surface area (Å²) in [5.41, 5.74) is 0.451. The molecule has 1 aliphatic carbocycles. The zero-order valence-corrected chi connectivity index (χ0v) is 12.4. The molecule has 1 saturated carbocycles. The van der Waals surface area contributed by atoms with Gasteiger partial charge >= 0.3 is 0 Å². The molecule has 0 radical (unpaired) electrons. The molecule has 0 spiro atoms. The van der Waals surface area contributed by atoms with Gasteiger partial charge in [0.25, 0.3) is 0 Å². The van der Waals surface area contributed by atoms with E-state index >= 15 is 0 Å². The molecule has 4 heteroatoms. The Balaban J connectivity index is 1.94. The fourth-order valence-electron chi connectivity index (χ4n) is 2.82. The van der Waals surface area contributed by atoms with Crippen molar-refractivity contribution in [1.82, 2.24) is 9.97 Å². The first-order valence-corrected chi connectivity index (χ1v) is 7.41. The molecule has 2 N–H and O–H groups in total. The number of nitrogens with one attached hydrogen (secondary N) is 2. The molecule has 0 bridgehead atoms. The Labute approximate surface area is 116 Å². The molecule has 0 amide bonds. The van der Waals surface area contributed by atoms with Crippen molar-refractivity contribution >= 4 is 11.6 Å². The third-order valence-corrected chi connectivity index (χ3v) is 3.78. The predicted molar refractivity (Wildman–Crippen MR) is 80.5 cm³/mol. The quantitative estimate of drug-likeness (QED) is 0.850. The standard InChI is InChI=1S/C15H26N4/c1-4-8-16-13-9-14(18-11-17-13)19-12-6-5-7-15(2,3)10-12/h9,11-12H,4-8,10H2,1-3H3,(H2,16,17,18,19). The van der Waals surface area contributed by atoms with Crippen molar-refractivity contribution in [2.75, 3.05) is 17.2 Å². The number of hydrogen-bond acceptors (Lipinski definition) is 4. The Kier molecular flexibility index (Phi) is 4.61. The summed E-state index contributed by atoms with van der Waals surface area (Å²) in [5.74, 6) is 1.85. The van der Waals surface area contributed by atoms with Crippen LogP contribution in [0.1, 0.15) is 52.9 Å². The average molecular weight is 262 g/mol. The van der Waals surface area contributed by atoms with Crippen LogP contribution in [0.5, 0.6) is 0 Å². The second kappa shape index (κ2) is 6.22. The van der Waals surface area contributed by atoms with Gasteiger partial charge in [-0.05, 0) is 31.1 Å². The highest BCUT2D eigenvalue weighted by atomic mass is 15.1. The SMILES string of the molecule is CCCNc1cc(NC2CCCC(C)(C)C2)ncn1. The van der Waals surface area contributed by atoms with Gasteiger partial charge < -0.3 is 10.6 Å². The minimum atomic E-state index is 0.451. The highest BCUT2D eigenvalue weighted by molar-refractivity contribution is 5.46. The van der Waals surface area contributed by atoms with Crippen molar-refractivity contribution in [2.45, 2.75) is 58.9 Å². The van der Waals surface area contributed by atoms with Crippen molar-refractivity contribution in [3.05, 3.63) is 12.4 Å². The largest absolute Gasteiger partial charge is 0.370 e.